The molecule has 0 spiro atoms. The lowest BCUT2D eigenvalue weighted by molar-refractivity contribution is -0.121. The Hall–Kier alpha value is -3.13. The molecule has 2 aromatic carbocycles. The highest BCUT2D eigenvalue weighted by Crippen LogP contribution is 2.24. The van der Waals surface area contributed by atoms with Gasteiger partial charge in [-0.3, -0.25) is 14.2 Å². The second kappa shape index (κ2) is 10.8. The van der Waals surface area contributed by atoms with Crippen LogP contribution in [0, 0.1) is 20.8 Å². The van der Waals surface area contributed by atoms with Crippen molar-refractivity contribution in [1.29, 1.82) is 0 Å². The maximum absolute atomic E-state index is 12.2. The molecule has 31 heavy (non-hydrogen) atoms. The van der Waals surface area contributed by atoms with Crippen molar-refractivity contribution in [2.45, 2.75) is 32.3 Å². The van der Waals surface area contributed by atoms with E-state index >= 15 is 0 Å². The summed E-state index contributed by atoms with van der Waals surface area (Å²) >= 11 is 1.34. The molecule has 7 nitrogen and oxygen atoms in total. The summed E-state index contributed by atoms with van der Waals surface area (Å²) in [5.74, 6) is 0.821. The Labute approximate surface area is 186 Å². The van der Waals surface area contributed by atoms with Crippen LogP contribution in [0.2, 0.25) is 0 Å². The fourth-order valence-electron chi connectivity index (χ4n) is 3.10. The Balaban J connectivity index is 1.45. The van der Waals surface area contributed by atoms with Crippen LogP contribution >= 0.6 is 11.8 Å². The zero-order chi connectivity index (χ0) is 22.2. The number of benzene rings is 2. The van der Waals surface area contributed by atoms with Crippen molar-refractivity contribution in [3.63, 3.8) is 0 Å². The van der Waals surface area contributed by atoms with Gasteiger partial charge in [-0.05, 0) is 43.5 Å². The topological polar surface area (TPSA) is 88.9 Å². The second-order valence-corrected chi connectivity index (χ2v) is 8.25. The Kier molecular flexibility index (Phi) is 7.83. The van der Waals surface area contributed by atoms with Crippen LogP contribution in [0.1, 0.15) is 22.5 Å². The van der Waals surface area contributed by atoms with Crippen molar-refractivity contribution < 1.29 is 9.59 Å². The van der Waals surface area contributed by atoms with E-state index in [0.29, 0.717) is 24.7 Å². The van der Waals surface area contributed by atoms with E-state index in [1.165, 1.54) is 11.8 Å². The normalized spacial score (nSPS) is 10.7. The van der Waals surface area contributed by atoms with Crippen LogP contribution in [0.4, 0.5) is 0 Å². The zero-order valence-electron chi connectivity index (χ0n) is 18.0. The van der Waals surface area contributed by atoms with Gasteiger partial charge in [-0.15, -0.1) is 10.2 Å². The fourth-order valence-corrected chi connectivity index (χ4v) is 3.92. The first-order valence-corrected chi connectivity index (χ1v) is 11.1. The molecule has 1 heterocycles. The Morgan fingerprint density at radius 2 is 1.65 bits per heavy atom. The van der Waals surface area contributed by atoms with Crippen LogP contribution in [-0.4, -0.2) is 45.4 Å². The van der Waals surface area contributed by atoms with Gasteiger partial charge in [0.2, 0.25) is 11.8 Å². The minimum Gasteiger partial charge on any atom is -0.354 e. The van der Waals surface area contributed by atoms with Crippen molar-refractivity contribution >= 4 is 23.6 Å². The fraction of sp³-hybridized carbons (Fsp3) is 0.304. The number of carbonyl (C=O) groups is 2. The molecule has 0 bridgehead atoms. The molecule has 3 aromatic rings. The highest BCUT2D eigenvalue weighted by atomic mass is 32.2. The predicted molar refractivity (Wildman–Crippen MR) is 122 cm³/mol. The molecule has 162 valence electrons. The summed E-state index contributed by atoms with van der Waals surface area (Å²) in [6.45, 7) is 6.75. The van der Waals surface area contributed by atoms with Gasteiger partial charge in [0.05, 0.1) is 17.9 Å². The number of rotatable bonds is 9. The molecule has 0 saturated heterocycles. The van der Waals surface area contributed by atoms with E-state index in [-0.39, 0.29) is 17.6 Å². The molecule has 2 amide bonds. The number of thioether (sulfide) groups is 1. The third-order valence-electron chi connectivity index (χ3n) is 4.71. The molecule has 0 radical (unpaired) electrons. The van der Waals surface area contributed by atoms with Crippen molar-refractivity contribution in [3.05, 3.63) is 71.0 Å². The van der Waals surface area contributed by atoms with Gasteiger partial charge in [0, 0.05) is 13.1 Å². The molecule has 1 aromatic heterocycles. The highest BCUT2D eigenvalue weighted by molar-refractivity contribution is 7.99. The molecular formula is C23H27N5O2S. The average molecular weight is 438 g/mol. The number of carbonyl (C=O) groups excluding carboxylic acids is 2. The molecule has 0 atom stereocenters. The minimum atomic E-state index is -0.115. The third-order valence-corrected chi connectivity index (χ3v) is 5.64. The van der Waals surface area contributed by atoms with Gasteiger partial charge in [-0.25, -0.2) is 0 Å². The number of nitrogens with one attached hydrogen (secondary N) is 2. The van der Waals surface area contributed by atoms with Gasteiger partial charge >= 0.3 is 0 Å². The number of hydrogen-bond acceptors (Lipinski definition) is 5. The second-order valence-electron chi connectivity index (χ2n) is 7.31. The Morgan fingerprint density at radius 3 is 2.39 bits per heavy atom. The summed E-state index contributed by atoms with van der Waals surface area (Å²) in [6, 6.07) is 15.8. The van der Waals surface area contributed by atoms with Crippen molar-refractivity contribution in [2.24, 2.45) is 0 Å². The van der Waals surface area contributed by atoms with Gasteiger partial charge in [0.15, 0.2) is 5.16 Å². The largest absolute Gasteiger partial charge is 0.354 e. The van der Waals surface area contributed by atoms with Crippen LogP contribution in [0.25, 0.3) is 5.69 Å². The number of aromatic nitrogens is 3. The van der Waals surface area contributed by atoms with E-state index in [0.717, 1.165) is 28.2 Å². The lowest BCUT2D eigenvalue weighted by Gasteiger charge is -2.12. The smallest absolute Gasteiger partial charge is 0.230 e. The predicted octanol–water partition coefficient (Wildman–Crippen LogP) is 2.76. The first-order valence-electron chi connectivity index (χ1n) is 10.1. The first-order chi connectivity index (χ1) is 14.9. The van der Waals surface area contributed by atoms with Crippen LogP contribution in [0.5, 0.6) is 0 Å². The Morgan fingerprint density at radius 1 is 0.935 bits per heavy atom. The van der Waals surface area contributed by atoms with Crippen molar-refractivity contribution in [3.8, 4) is 5.69 Å². The molecule has 0 saturated carbocycles. The monoisotopic (exact) mass is 437 g/mol. The molecule has 0 aliphatic rings. The molecule has 0 fully saturated rings. The maximum atomic E-state index is 12.2. The number of nitrogens with zero attached hydrogens (tertiary/aromatic N) is 3. The summed E-state index contributed by atoms with van der Waals surface area (Å²) in [5.41, 5.74) is 4.25. The lowest BCUT2D eigenvalue weighted by Crippen LogP contribution is -2.36. The van der Waals surface area contributed by atoms with Gasteiger partial charge in [-0.2, -0.15) is 0 Å². The maximum Gasteiger partial charge on any atom is 0.230 e. The number of aryl methyl sites for hydroxylation is 3. The molecule has 8 heteroatoms. The molecule has 2 N–H and O–H groups in total. The SMILES string of the molecule is Cc1ccc(C)c(-n2c(C)nnc2SCC(=O)NCCNC(=O)Cc2ccccc2)c1. The van der Waals surface area contributed by atoms with Gasteiger partial charge < -0.3 is 10.6 Å². The summed E-state index contributed by atoms with van der Waals surface area (Å²) in [5, 5.41) is 14.7. The summed E-state index contributed by atoms with van der Waals surface area (Å²) in [7, 11) is 0. The van der Waals surface area contributed by atoms with Crippen LogP contribution in [0.3, 0.4) is 0 Å². The van der Waals surface area contributed by atoms with E-state index in [4.69, 9.17) is 0 Å². The number of amides is 2. The van der Waals surface area contributed by atoms with Crippen LogP contribution in [-0.2, 0) is 16.0 Å². The summed E-state index contributed by atoms with van der Waals surface area (Å²) in [4.78, 5) is 24.2. The van der Waals surface area contributed by atoms with Gasteiger partial charge in [0.1, 0.15) is 5.82 Å². The number of hydrogen-bond donors (Lipinski definition) is 2. The molecular weight excluding hydrogens is 410 g/mol. The minimum absolute atomic E-state index is 0.0630. The molecule has 0 aliphatic carbocycles. The molecule has 0 aliphatic heterocycles. The van der Waals surface area contributed by atoms with Crippen molar-refractivity contribution in [1.82, 2.24) is 25.4 Å². The van der Waals surface area contributed by atoms with Crippen molar-refractivity contribution in [2.75, 3.05) is 18.8 Å². The van der Waals surface area contributed by atoms with E-state index in [9.17, 15) is 9.59 Å². The van der Waals surface area contributed by atoms with E-state index in [2.05, 4.69) is 39.0 Å². The van der Waals surface area contributed by atoms with E-state index in [1.54, 1.807) is 0 Å². The third kappa shape index (κ3) is 6.42. The zero-order valence-corrected chi connectivity index (χ0v) is 18.8. The molecule has 0 unspecified atom stereocenters. The highest BCUT2D eigenvalue weighted by Gasteiger charge is 2.15. The standard InChI is InChI=1S/C23H27N5O2S/c1-16-9-10-17(2)20(13-16)28-18(3)26-27-23(28)31-15-22(30)25-12-11-24-21(29)14-19-7-5-4-6-8-19/h4-10,13H,11-12,14-15H2,1-3H3,(H,24,29)(H,25,30). The first kappa shape index (κ1) is 22.6. The van der Waals surface area contributed by atoms with Gasteiger partial charge in [0.25, 0.3) is 0 Å². The van der Waals surface area contributed by atoms with E-state index < -0.39 is 0 Å². The van der Waals surface area contributed by atoms with Crippen LogP contribution < -0.4 is 10.6 Å². The summed E-state index contributed by atoms with van der Waals surface area (Å²) in [6.07, 6.45) is 0.331. The Bertz CT molecular complexity index is 1050. The lowest BCUT2D eigenvalue weighted by atomic mass is 10.1. The quantitative estimate of drug-likeness (QED) is 0.397. The summed E-state index contributed by atoms with van der Waals surface area (Å²) < 4.78 is 1.98. The van der Waals surface area contributed by atoms with Crippen LogP contribution in [0.15, 0.2) is 53.7 Å². The van der Waals surface area contributed by atoms with Gasteiger partial charge in [-0.1, -0.05) is 54.2 Å². The molecule has 3 rings (SSSR count). The average Bonchev–Trinajstić information content (AvgIpc) is 3.12. The van der Waals surface area contributed by atoms with E-state index in [1.807, 2.05) is 55.7 Å².